The van der Waals surface area contributed by atoms with Gasteiger partial charge in [0.1, 0.15) is 5.69 Å². The molecule has 0 unspecified atom stereocenters. The van der Waals surface area contributed by atoms with E-state index in [1.807, 2.05) is 12.1 Å². The fourth-order valence-corrected chi connectivity index (χ4v) is 1.79. The van der Waals surface area contributed by atoms with E-state index in [0.717, 1.165) is 10.9 Å². The normalized spacial score (nSPS) is 10.3. The Morgan fingerprint density at radius 1 is 1.44 bits per heavy atom. The number of hydrogen-bond acceptors (Lipinski definition) is 2. The molecule has 0 aliphatic rings. The maximum atomic E-state index is 10.9. The largest absolute Gasteiger partial charge is 0.465 e. The minimum atomic E-state index is -1.18. The van der Waals surface area contributed by atoms with Crippen molar-refractivity contribution >= 4 is 29.0 Å². The zero-order valence-electron chi connectivity index (χ0n) is 8.60. The SMILES string of the molecule is Cn1c(C=O)c(NC(=O)O)c2ccccc21. The van der Waals surface area contributed by atoms with Crippen molar-refractivity contribution in [2.24, 2.45) is 7.05 Å². The molecule has 0 atom stereocenters. The average molecular weight is 218 g/mol. The van der Waals surface area contributed by atoms with Gasteiger partial charge in [0.25, 0.3) is 0 Å². The topological polar surface area (TPSA) is 71.3 Å². The number of nitrogens with one attached hydrogen (secondary N) is 1. The minimum Gasteiger partial charge on any atom is -0.465 e. The third-order valence-electron chi connectivity index (χ3n) is 2.50. The van der Waals surface area contributed by atoms with Gasteiger partial charge in [-0.25, -0.2) is 4.79 Å². The highest BCUT2D eigenvalue weighted by Crippen LogP contribution is 2.28. The van der Waals surface area contributed by atoms with Crippen LogP contribution in [-0.2, 0) is 7.05 Å². The number of benzene rings is 1. The second-order valence-electron chi connectivity index (χ2n) is 3.38. The number of carbonyl (C=O) groups is 2. The number of anilines is 1. The van der Waals surface area contributed by atoms with Crippen molar-refractivity contribution in [1.82, 2.24) is 4.57 Å². The molecular formula is C11H10N2O3. The second-order valence-corrected chi connectivity index (χ2v) is 3.38. The maximum Gasteiger partial charge on any atom is 0.409 e. The molecule has 0 bridgehead atoms. The van der Waals surface area contributed by atoms with Crippen molar-refractivity contribution in [2.45, 2.75) is 0 Å². The van der Waals surface area contributed by atoms with Crippen molar-refractivity contribution in [1.29, 1.82) is 0 Å². The molecule has 0 aliphatic carbocycles. The van der Waals surface area contributed by atoms with Gasteiger partial charge < -0.3 is 9.67 Å². The number of aryl methyl sites for hydroxylation is 1. The van der Waals surface area contributed by atoms with Crippen molar-refractivity contribution in [3.05, 3.63) is 30.0 Å². The molecule has 0 saturated heterocycles. The van der Waals surface area contributed by atoms with Gasteiger partial charge in [0.15, 0.2) is 6.29 Å². The van der Waals surface area contributed by atoms with Crippen LogP contribution >= 0.6 is 0 Å². The molecule has 82 valence electrons. The summed E-state index contributed by atoms with van der Waals surface area (Å²) in [6, 6.07) is 7.23. The van der Waals surface area contributed by atoms with Crippen molar-refractivity contribution in [3.8, 4) is 0 Å². The summed E-state index contributed by atoms with van der Waals surface area (Å²) >= 11 is 0. The van der Waals surface area contributed by atoms with E-state index < -0.39 is 6.09 Å². The molecule has 0 saturated carbocycles. The highest BCUT2D eigenvalue weighted by molar-refractivity contribution is 6.06. The summed E-state index contributed by atoms with van der Waals surface area (Å²) in [4.78, 5) is 21.6. The van der Waals surface area contributed by atoms with Crippen LogP contribution in [0, 0.1) is 0 Å². The van der Waals surface area contributed by atoms with Gasteiger partial charge in [-0.05, 0) is 6.07 Å². The van der Waals surface area contributed by atoms with Gasteiger partial charge >= 0.3 is 6.09 Å². The lowest BCUT2D eigenvalue weighted by Gasteiger charge is -1.99. The lowest BCUT2D eigenvalue weighted by molar-refractivity contribution is 0.111. The van der Waals surface area contributed by atoms with E-state index in [2.05, 4.69) is 5.32 Å². The molecule has 2 aromatic rings. The molecular weight excluding hydrogens is 208 g/mol. The van der Waals surface area contributed by atoms with Crippen LogP contribution in [0.5, 0.6) is 0 Å². The Morgan fingerprint density at radius 3 is 2.75 bits per heavy atom. The molecule has 1 amide bonds. The fraction of sp³-hybridized carbons (Fsp3) is 0.0909. The van der Waals surface area contributed by atoms with E-state index in [1.165, 1.54) is 0 Å². The summed E-state index contributed by atoms with van der Waals surface area (Å²) < 4.78 is 1.66. The molecule has 1 heterocycles. The lowest BCUT2D eigenvalue weighted by atomic mass is 10.2. The van der Waals surface area contributed by atoms with Crippen LogP contribution in [0.4, 0.5) is 10.5 Å². The van der Waals surface area contributed by atoms with Crippen LogP contribution in [0.3, 0.4) is 0 Å². The summed E-state index contributed by atoms with van der Waals surface area (Å²) in [5.41, 5.74) is 1.47. The molecule has 0 fully saturated rings. The van der Waals surface area contributed by atoms with Crippen molar-refractivity contribution in [2.75, 3.05) is 5.32 Å². The van der Waals surface area contributed by atoms with Gasteiger partial charge in [-0.2, -0.15) is 0 Å². The van der Waals surface area contributed by atoms with Crippen LogP contribution in [0.15, 0.2) is 24.3 Å². The smallest absolute Gasteiger partial charge is 0.409 e. The Balaban J connectivity index is 2.77. The Bertz CT molecular complexity index is 572. The third-order valence-corrected chi connectivity index (χ3v) is 2.50. The van der Waals surface area contributed by atoms with Gasteiger partial charge in [0, 0.05) is 12.4 Å². The molecule has 1 aromatic carbocycles. The van der Waals surface area contributed by atoms with E-state index in [-0.39, 0.29) is 0 Å². The van der Waals surface area contributed by atoms with Gasteiger partial charge in [-0.1, -0.05) is 18.2 Å². The predicted molar refractivity (Wildman–Crippen MR) is 60.0 cm³/mol. The Morgan fingerprint density at radius 2 is 2.12 bits per heavy atom. The van der Waals surface area contributed by atoms with Gasteiger partial charge in [-0.3, -0.25) is 10.1 Å². The first-order valence-corrected chi connectivity index (χ1v) is 4.67. The molecule has 5 nitrogen and oxygen atoms in total. The molecule has 0 spiro atoms. The zero-order valence-corrected chi connectivity index (χ0v) is 8.60. The van der Waals surface area contributed by atoms with Gasteiger partial charge in [0.05, 0.1) is 11.2 Å². The number of carboxylic acid groups (broad SMARTS) is 1. The van der Waals surface area contributed by atoms with Crippen LogP contribution in [0.2, 0.25) is 0 Å². The number of aldehydes is 1. The number of carbonyl (C=O) groups excluding carboxylic acids is 1. The monoisotopic (exact) mass is 218 g/mol. The van der Waals surface area contributed by atoms with Crippen LogP contribution in [0.1, 0.15) is 10.5 Å². The average Bonchev–Trinajstić information content (AvgIpc) is 2.52. The quantitative estimate of drug-likeness (QED) is 0.758. The highest BCUT2D eigenvalue weighted by atomic mass is 16.4. The molecule has 16 heavy (non-hydrogen) atoms. The third kappa shape index (κ3) is 1.42. The number of hydrogen-bond donors (Lipinski definition) is 2. The summed E-state index contributed by atoms with van der Waals surface area (Å²) in [5.74, 6) is 0. The minimum absolute atomic E-state index is 0.323. The highest BCUT2D eigenvalue weighted by Gasteiger charge is 2.15. The summed E-state index contributed by atoms with van der Waals surface area (Å²) in [7, 11) is 1.72. The van der Waals surface area contributed by atoms with Crippen LogP contribution in [-0.4, -0.2) is 22.1 Å². The molecule has 2 rings (SSSR count). The number of nitrogens with zero attached hydrogens (tertiary/aromatic N) is 1. The summed E-state index contributed by atoms with van der Waals surface area (Å²) in [5, 5.41) is 11.7. The van der Waals surface area contributed by atoms with Gasteiger partial charge in [-0.15, -0.1) is 0 Å². The van der Waals surface area contributed by atoms with Crippen LogP contribution < -0.4 is 5.32 Å². The first-order chi connectivity index (χ1) is 7.65. The van der Waals surface area contributed by atoms with E-state index >= 15 is 0 Å². The fourth-order valence-electron chi connectivity index (χ4n) is 1.79. The zero-order chi connectivity index (χ0) is 11.7. The number of amides is 1. The molecule has 0 radical (unpaired) electrons. The standard InChI is InChI=1S/C11H10N2O3/c1-13-8-5-3-2-4-7(8)10(9(13)6-14)12-11(15)16/h2-6,12H,1H3,(H,15,16). The first-order valence-electron chi connectivity index (χ1n) is 4.67. The maximum absolute atomic E-state index is 10.9. The Kier molecular flexibility index (Phi) is 2.36. The van der Waals surface area contributed by atoms with E-state index in [1.54, 1.807) is 23.7 Å². The predicted octanol–water partition coefficient (Wildman–Crippen LogP) is 2.08. The lowest BCUT2D eigenvalue weighted by Crippen LogP contribution is -2.09. The Hall–Kier alpha value is -2.30. The van der Waals surface area contributed by atoms with Crippen molar-refractivity contribution in [3.63, 3.8) is 0 Å². The van der Waals surface area contributed by atoms with E-state index in [0.29, 0.717) is 17.7 Å². The summed E-state index contributed by atoms with van der Waals surface area (Å²) in [6.07, 6.45) is -0.537. The van der Waals surface area contributed by atoms with E-state index in [9.17, 15) is 9.59 Å². The second kappa shape index (κ2) is 3.69. The Labute approximate surface area is 91.3 Å². The molecule has 5 heteroatoms. The number of aromatic nitrogens is 1. The van der Waals surface area contributed by atoms with Gasteiger partial charge in [0.2, 0.25) is 0 Å². The molecule has 1 aromatic heterocycles. The first kappa shape index (κ1) is 10.2. The molecule has 2 N–H and O–H groups in total. The number of para-hydroxylation sites is 1. The van der Waals surface area contributed by atoms with Crippen molar-refractivity contribution < 1.29 is 14.7 Å². The number of rotatable bonds is 2. The van der Waals surface area contributed by atoms with E-state index in [4.69, 9.17) is 5.11 Å². The number of fused-ring (bicyclic) bond motifs is 1. The van der Waals surface area contributed by atoms with Crippen LogP contribution in [0.25, 0.3) is 10.9 Å². The summed E-state index contributed by atoms with van der Waals surface area (Å²) in [6.45, 7) is 0. The molecule has 0 aliphatic heterocycles.